The third-order valence-corrected chi connectivity index (χ3v) is 5.36. The number of anilines is 2. The van der Waals surface area contributed by atoms with Gasteiger partial charge in [0.2, 0.25) is 0 Å². The molecule has 0 unspecified atom stereocenters. The van der Waals surface area contributed by atoms with E-state index in [-0.39, 0.29) is 5.91 Å². The molecular formula is C23H25N3O. The second-order valence-corrected chi connectivity index (χ2v) is 7.50. The molecule has 2 heterocycles. The first-order chi connectivity index (χ1) is 13.0. The van der Waals surface area contributed by atoms with Gasteiger partial charge < -0.3 is 10.2 Å². The van der Waals surface area contributed by atoms with Crippen LogP contribution in [0.15, 0.2) is 42.5 Å². The molecule has 1 aliphatic rings. The number of amides is 1. The van der Waals surface area contributed by atoms with Gasteiger partial charge in [0.1, 0.15) is 5.69 Å². The van der Waals surface area contributed by atoms with E-state index in [2.05, 4.69) is 55.3 Å². The number of benzene rings is 2. The lowest BCUT2D eigenvalue weighted by Gasteiger charge is -2.17. The smallest absolute Gasteiger partial charge is 0.272 e. The molecule has 4 heteroatoms. The monoisotopic (exact) mass is 359 g/mol. The molecule has 0 radical (unpaired) electrons. The van der Waals surface area contributed by atoms with E-state index in [1.807, 2.05) is 23.1 Å². The van der Waals surface area contributed by atoms with Crippen LogP contribution in [0.2, 0.25) is 0 Å². The Bertz CT molecular complexity index is 1020. The van der Waals surface area contributed by atoms with Gasteiger partial charge in [-0.2, -0.15) is 0 Å². The molecule has 1 saturated heterocycles. The molecule has 4 nitrogen and oxygen atoms in total. The lowest BCUT2D eigenvalue weighted by molar-refractivity contribution is 0.0787. The maximum Gasteiger partial charge on any atom is 0.272 e. The van der Waals surface area contributed by atoms with E-state index in [1.54, 1.807) is 0 Å². The summed E-state index contributed by atoms with van der Waals surface area (Å²) in [6.07, 6.45) is 2.15. The molecule has 0 atom stereocenters. The van der Waals surface area contributed by atoms with Gasteiger partial charge in [-0.15, -0.1) is 0 Å². The molecular weight excluding hydrogens is 334 g/mol. The summed E-state index contributed by atoms with van der Waals surface area (Å²) >= 11 is 0. The van der Waals surface area contributed by atoms with Crippen molar-refractivity contribution < 1.29 is 4.79 Å². The van der Waals surface area contributed by atoms with Crippen molar-refractivity contribution in [2.45, 2.75) is 33.6 Å². The normalized spacial score (nSPS) is 14.0. The minimum atomic E-state index is 0.0260. The standard InChI is InChI=1S/C23H25N3O/c1-15-6-9-20-19(12-15)21(24-18-8-7-16(2)17(3)13-18)14-22(25-20)23(27)26-10-4-5-11-26/h6-9,12-14H,4-5,10-11H2,1-3H3,(H,24,25). The number of carbonyl (C=O) groups is 1. The molecule has 0 spiro atoms. The Morgan fingerprint density at radius 3 is 2.48 bits per heavy atom. The van der Waals surface area contributed by atoms with E-state index in [9.17, 15) is 4.79 Å². The summed E-state index contributed by atoms with van der Waals surface area (Å²) in [5.74, 6) is 0.0260. The van der Waals surface area contributed by atoms with Gasteiger partial charge >= 0.3 is 0 Å². The Morgan fingerprint density at radius 1 is 0.963 bits per heavy atom. The van der Waals surface area contributed by atoms with E-state index >= 15 is 0 Å². The quantitative estimate of drug-likeness (QED) is 0.704. The van der Waals surface area contributed by atoms with Crippen LogP contribution in [0, 0.1) is 20.8 Å². The molecule has 0 aliphatic carbocycles. The number of nitrogens with zero attached hydrogens (tertiary/aromatic N) is 2. The summed E-state index contributed by atoms with van der Waals surface area (Å²) in [5, 5.41) is 4.55. The second-order valence-electron chi connectivity index (χ2n) is 7.50. The number of hydrogen-bond donors (Lipinski definition) is 1. The summed E-state index contributed by atoms with van der Waals surface area (Å²) in [5.41, 5.74) is 6.98. The van der Waals surface area contributed by atoms with Gasteiger partial charge in [0, 0.05) is 24.2 Å². The molecule has 0 saturated carbocycles. The summed E-state index contributed by atoms with van der Waals surface area (Å²) < 4.78 is 0. The fraction of sp³-hybridized carbons (Fsp3) is 0.304. The van der Waals surface area contributed by atoms with Gasteiger partial charge in [-0.1, -0.05) is 17.7 Å². The van der Waals surface area contributed by atoms with Crippen LogP contribution in [0.5, 0.6) is 0 Å². The number of pyridine rings is 1. The molecule has 1 aliphatic heterocycles. The predicted octanol–water partition coefficient (Wildman–Crippen LogP) is 5.14. The van der Waals surface area contributed by atoms with Crippen molar-refractivity contribution >= 4 is 28.2 Å². The van der Waals surface area contributed by atoms with Gasteiger partial charge in [-0.25, -0.2) is 4.98 Å². The number of carbonyl (C=O) groups excluding carboxylic acids is 1. The first kappa shape index (κ1) is 17.5. The molecule has 1 aromatic heterocycles. The minimum absolute atomic E-state index is 0.0260. The Balaban J connectivity index is 1.79. The Kier molecular flexibility index (Phi) is 4.56. The van der Waals surface area contributed by atoms with Crippen molar-refractivity contribution in [2.75, 3.05) is 18.4 Å². The fourth-order valence-corrected chi connectivity index (χ4v) is 3.61. The summed E-state index contributed by atoms with van der Waals surface area (Å²) in [4.78, 5) is 19.5. The highest BCUT2D eigenvalue weighted by molar-refractivity contribution is 6.01. The number of aryl methyl sites for hydroxylation is 3. The fourth-order valence-electron chi connectivity index (χ4n) is 3.61. The van der Waals surface area contributed by atoms with Gasteiger partial charge in [0.15, 0.2) is 0 Å². The van der Waals surface area contributed by atoms with E-state index in [0.29, 0.717) is 5.69 Å². The number of hydrogen-bond acceptors (Lipinski definition) is 3. The predicted molar refractivity (Wildman–Crippen MR) is 111 cm³/mol. The first-order valence-electron chi connectivity index (χ1n) is 9.56. The van der Waals surface area contributed by atoms with Crippen LogP contribution in [-0.4, -0.2) is 28.9 Å². The van der Waals surface area contributed by atoms with E-state index in [4.69, 9.17) is 0 Å². The lowest BCUT2D eigenvalue weighted by atomic mass is 10.1. The van der Waals surface area contributed by atoms with Gasteiger partial charge in [0.25, 0.3) is 5.91 Å². The number of likely N-dealkylation sites (tertiary alicyclic amines) is 1. The van der Waals surface area contributed by atoms with Gasteiger partial charge in [0.05, 0.1) is 11.2 Å². The summed E-state index contributed by atoms with van der Waals surface area (Å²) in [6, 6.07) is 14.4. The van der Waals surface area contributed by atoms with Crippen LogP contribution in [0.25, 0.3) is 10.9 Å². The van der Waals surface area contributed by atoms with Crippen LogP contribution in [0.3, 0.4) is 0 Å². The molecule has 1 amide bonds. The Labute approximate surface area is 160 Å². The topological polar surface area (TPSA) is 45.2 Å². The van der Waals surface area contributed by atoms with Crippen LogP contribution in [-0.2, 0) is 0 Å². The minimum Gasteiger partial charge on any atom is -0.355 e. The third-order valence-electron chi connectivity index (χ3n) is 5.36. The highest BCUT2D eigenvalue weighted by atomic mass is 16.2. The SMILES string of the molecule is Cc1ccc2nc(C(=O)N3CCCC3)cc(Nc3ccc(C)c(C)c3)c2c1. The molecule has 1 N–H and O–H groups in total. The average molecular weight is 359 g/mol. The lowest BCUT2D eigenvalue weighted by Crippen LogP contribution is -2.28. The van der Waals surface area contributed by atoms with Crippen molar-refractivity contribution in [3.63, 3.8) is 0 Å². The number of rotatable bonds is 3. The maximum atomic E-state index is 12.9. The summed E-state index contributed by atoms with van der Waals surface area (Å²) in [7, 11) is 0. The first-order valence-corrected chi connectivity index (χ1v) is 9.56. The summed E-state index contributed by atoms with van der Waals surface area (Å²) in [6.45, 7) is 7.94. The van der Waals surface area contributed by atoms with E-state index in [0.717, 1.165) is 48.2 Å². The average Bonchev–Trinajstić information content (AvgIpc) is 3.19. The van der Waals surface area contributed by atoms with Crippen molar-refractivity contribution in [1.29, 1.82) is 0 Å². The molecule has 138 valence electrons. The molecule has 3 aromatic rings. The molecule has 4 rings (SSSR count). The number of fused-ring (bicyclic) bond motifs is 1. The largest absolute Gasteiger partial charge is 0.355 e. The zero-order chi connectivity index (χ0) is 19.0. The zero-order valence-corrected chi connectivity index (χ0v) is 16.2. The Hall–Kier alpha value is -2.88. The number of aromatic nitrogens is 1. The van der Waals surface area contributed by atoms with Crippen LogP contribution in [0.1, 0.15) is 40.0 Å². The van der Waals surface area contributed by atoms with Crippen molar-refractivity contribution in [3.05, 3.63) is 64.8 Å². The molecule has 2 aromatic carbocycles. The van der Waals surface area contributed by atoms with E-state index < -0.39 is 0 Å². The number of nitrogens with one attached hydrogen (secondary N) is 1. The molecule has 0 bridgehead atoms. The third kappa shape index (κ3) is 3.52. The van der Waals surface area contributed by atoms with Crippen molar-refractivity contribution in [3.8, 4) is 0 Å². The van der Waals surface area contributed by atoms with Crippen LogP contribution >= 0.6 is 0 Å². The van der Waals surface area contributed by atoms with Crippen molar-refractivity contribution in [1.82, 2.24) is 9.88 Å². The van der Waals surface area contributed by atoms with E-state index in [1.165, 1.54) is 16.7 Å². The maximum absolute atomic E-state index is 12.9. The van der Waals surface area contributed by atoms with Crippen LogP contribution < -0.4 is 5.32 Å². The highest BCUT2D eigenvalue weighted by Gasteiger charge is 2.22. The van der Waals surface area contributed by atoms with Gasteiger partial charge in [-0.3, -0.25) is 4.79 Å². The molecule has 27 heavy (non-hydrogen) atoms. The zero-order valence-electron chi connectivity index (χ0n) is 16.2. The van der Waals surface area contributed by atoms with Gasteiger partial charge in [-0.05, 0) is 75.1 Å². The second kappa shape index (κ2) is 7.03. The highest BCUT2D eigenvalue weighted by Crippen LogP contribution is 2.29. The Morgan fingerprint density at radius 2 is 1.74 bits per heavy atom. The van der Waals surface area contributed by atoms with Crippen LogP contribution in [0.4, 0.5) is 11.4 Å². The molecule has 1 fully saturated rings. The van der Waals surface area contributed by atoms with Crippen molar-refractivity contribution in [2.24, 2.45) is 0 Å².